The second-order valence-corrected chi connectivity index (χ2v) is 4.10. The summed E-state index contributed by atoms with van der Waals surface area (Å²) in [6.45, 7) is 6.29. The van der Waals surface area contributed by atoms with Crippen LogP contribution in [0.3, 0.4) is 0 Å². The maximum absolute atomic E-state index is 11.0. The van der Waals surface area contributed by atoms with Crippen molar-refractivity contribution in [3.05, 3.63) is 0 Å². The van der Waals surface area contributed by atoms with Crippen molar-refractivity contribution in [2.75, 3.05) is 20.2 Å². The molecule has 1 N–H and O–H groups in total. The van der Waals surface area contributed by atoms with Crippen molar-refractivity contribution in [1.82, 2.24) is 5.32 Å². The van der Waals surface area contributed by atoms with Gasteiger partial charge in [0.15, 0.2) is 0 Å². The Bertz CT molecular complexity index is 177. The normalized spacial score (nSPS) is 27.1. The number of carbonyl (C=O) groups excluding carboxylic acids is 1. The molecule has 0 amide bonds. The van der Waals surface area contributed by atoms with Gasteiger partial charge in [-0.25, -0.2) is 0 Å². The molecule has 0 aromatic heterocycles. The fraction of sp³-hybridized carbons (Fsp3) is 0.889. The molecule has 1 aliphatic rings. The number of methoxy groups -OCH3 is 1. The van der Waals surface area contributed by atoms with E-state index in [1.165, 1.54) is 7.11 Å². The minimum absolute atomic E-state index is 0.100. The van der Waals surface area contributed by atoms with Gasteiger partial charge in [0.25, 0.3) is 0 Å². The van der Waals surface area contributed by atoms with E-state index in [4.69, 9.17) is 0 Å². The Hall–Kier alpha value is -0.570. The van der Waals surface area contributed by atoms with Gasteiger partial charge in [0.05, 0.1) is 13.5 Å². The highest BCUT2D eigenvalue weighted by molar-refractivity contribution is 5.69. The maximum atomic E-state index is 11.0. The van der Waals surface area contributed by atoms with E-state index in [9.17, 15) is 4.79 Å². The van der Waals surface area contributed by atoms with E-state index >= 15 is 0 Å². The molecular weight excluding hydrogens is 154 g/mol. The van der Waals surface area contributed by atoms with Crippen molar-refractivity contribution in [3.63, 3.8) is 0 Å². The Balaban J connectivity index is 2.47. The van der Waals surface area contributed by atoms with Gasteiger partial charge in [-0.3, -0.25) is 4.79 Å². The lowest BCUT2D eigenvalue weighted by atomic mass is 9.80. The van der Waals surface area contributed by atoms with E-state index in [0.29, 0.717) is 12.3 Å². The van der Waals surface area contributed by atoms with Crippen LogP contribution >= 0.6 is 0 Å². The number of carbonyl (C=O) groups is 1. The SMILES string of the molecule is COC(=O)CC1CNCC1(C)C. The smallest absolute Gasteiger partial charge is 0.305 e. The highest BCUT2D eigenvalue weighted by atomic mass is 16.5. The molecule has 1 fully saturated rings. The predicted octanol–water partition coefficient (Wildman–Crippen LogP) is 0.795. The van der Waals surface area contributed by atoms with Crippen LogP contribution in [0.2, 0.25) is 0 Å². The quantitative estimate of drug-likeness (QED) is 0.624. The van der Waals surface area contributed by atoms with Crippen molar-refractivity contribution >= 4 is 5.97 Å². The summed E-state index contributed by atoms with van der Waals surface area (Å²) < 4.78 is 4.64. The Morgan fingerprint density at radius 1 is 1.67 bits per heavy atom. The molecule has 0 spiro atoms. The lowest BCUT2D eigenvalue weighted by molar-refractivity contribution is -0.142. The van der Waals surface area contributed by atoms with Crippen molar-refractivity contribution in [1.29, 1.82) is 0 Å². The maximum Gasteiger partial charge on any atom is 0.305 e. The highest BCUT2D eigenvalue weighted by Gasteiger charge is 2.35. The molecule has 1 rings (SSSR count). The molecule has 12 heavy (non-hydrogen) atoms. The lowest BCUT2D eigenvalue weighted by Gasteiger charge is -2.24. The summed E-state index contributed by atoms with van der Waals surface area (Å²) >= 11 is 0. The van der Waals surface area contributed by atoms with Crippen LogP contribution in [0.1, 0.15) is 20.3 Å². The third kappa shape index (κ3) is 1.97. The van der Waals surface area contributed by atoms with Crippen molar-refractivity contribution in [2.24, 2.45) is 11.3 Å². The zero-order valence-corrected chi connectivity index (χ0v) is 8.02. The number of esters is 1. The van der Waals surface area contributed by atoms with Gasteiger partial charge in [0, 0.05) is 6.54 Å². The minimum Gasteiger partial charge on any atom is -0.469 e. The third-order valence-electron chi connectivity index (χ3n) is 2.72. The summed E-state index contributed by atoms with van der Waals surface area (Å²) in [6, 6.07) is 0. The first kappa shape index (κ1) is 9.52. The van der Waals surface area contributed by atoms with E-state index in [1.54, 1.807) is 0 Å². The Kier molecular flexibility index (Phi) is 2.73. The summed E-state index contributed by atoms with van der Waals surface area (Å²) in [7, 11) is 1.44. The molecule has 0 aromatic carbocycles. The Morgan fingerprint density at radius 2 is 2.33 bits per heavy atom. The molecule has 1 unspecified atom stereocenters. The van der Waals surface area contributed by atoms with Crippen LogP contribution in [0.4, 0.5) is 0 Å². The van der Waals surface area contributed by atoms with Crippen LogP contribution in [0, 0.1) is 11.3 Å². The first-order valence-corrected chi connectivity index (χ1v) is 4.34. The van der Waals surface area contributed by atoms with Gasteiger partial charge in [-0.05, 0) is 17.9 Å². The van der Waals surface area contributed by atoms with Crippen molar-refractivity contribution in [2.45, 2.75) is 20.3 Å². The molecule has 1 saturated heterocycles. The van der Waals surface area contributed by atoms with Crippen LogP contribution in [0.5, 0.6) is 0 Å². The second-order valence-electron chi connectivity index (χ2n) is 4.10. The first-order valence-electron chi connectivity index (χ1n) is 4.34. The van der Waals surface area contributed by atoms with Gasteiger partial charge in [0.1, 0.15) is 0 Å². The molecular formula is C9H17NO2. The average Bonchev–Trinajstić information content (AvgIpc) is 2.31. The summed E-state index contributed by atoms with van der Waals surface area (Å²) in [4.78, 5) is 11.0. The molecule has 0 aromatic rings. The summed E-state index contributed by atoms with van der Waals surface area (Å²) in [5.41, 5.74) is 0.230. The van der Waals surface area contributed by atoms with Gasteiger partial charge >= 0.3 is 5.97 Å². The number of ether oxygens (including phenoxy) is 1. The number of hydrogen-bond donors (Lipinski definition) is 1. The molecule has 0 radical (unpaired) electrons. The molecule has 3 nitrogen and oxygen atoms in total. The molecule has 0 saturated carbocycles. The average molecular weight is 171 g/mol. The van der Waals surface area contributed by atoms with E-state index in [0.717, 1.165) is 13.1 Å². The largest absolute Gasteiger partial charge is 0.469 e. The molecule has 70 valence electrons. The fourth-order valence-corrected chi connectivity index (χ4v) is 1.62. The summed E-state index contributed by atoms with van der Waals surface area (Å²) in [5.74, 6) is 0.321. The topological polar surface area (TPSA) is 38.3 Å². The van der Waals surface area contributed by atoms with Crippen LogP contribution in [-0.2, 0) is 9.53 Å². The van der Waals surface area contributed by atoms with E-state index in [-0.39, 0.29) is 11.4 Å². The standard InChI is InChI=1S/C9H17NO2/c1-9(2)6-10-5-7(9)4-8(11)12-3/h7,10H,4-6H2,1-3H3. The Morgan fingerprint density at radius 3 is 2.75 bits per heavy atom. The lowest BCUT2D eigenvalue weighted by Crippen LogP contribution is -2.24. The van der Waals surface area contributed by atoms with Crippen molar-refractivity contribution < 1.29 is 9.53 Å². The summed E-state index contributed by atoms with van der Waals surface area (Å²) in [5, 5.41) is 3.28. The second kappa shape index (κ2) is 3.44. The molecule has 3 heteroatoms. The number of nitrogens with one attached hydrogen (secondary N) is 1. The summed E-state index contributed by atoms with van der Waals surface area (Å²) in [6.07, 6.45) is 0.538. The predicted molar refractivity (Wildman–Crippen MR) is 46.8 cm³/mol. The van der Waals surface area contributed by atoms with E-state index < -0.39 is 0 Å². The van der Waals surface area contributed by atoms with Gasteiger partial charge < -0.3 is 10.1 Å². The van der Waals surface area contributed by atoms with E-state index in [1.807, 2.05) is 0 Å². The van der Waals surface area contributed by atoms with Gasteiger partial charge in [-0.2, -0.15) is 0 Å². The minimum atomic E-state index is -0.100. The Labute approximate surface area is 73.5 Å². The van der Waals surface area contributed by atoms with Gasteiger partial charge in [-0.1, -0.05) is 13.8 Å². The monoisotopic (exact) mass is 171 g/mol. The first-order chi connectivity index (χ1) is 5.56. The van der Waals surface area contributed by atoms with Gasteiger partial charge in [-0.15, -0.1) is 0 Å². The van der Waals surface area contributed by atoms with E-state index in [2.05, 4.69) is 23.9 Å². The molecule has 1 aliphatic heterocycles. The van der Waals surface area contributed by atoms with Crippen LogP contribution < -0.4 is 5.32 Å². The fourth-order valence-electron chi connectivity index (χ4n) is 1.62. The zero-order valence-electron chi connectivity index (χ0n) is 8.02. The van der Waals surface area contributed by atoms with Crippen LogP contribution in [0.25, 0.3) is 0 Å². The molecule has 1 atom stereocenters. The van der Waals surface area contributed by atoms with Gasteiger partial charge in [0.2, 0.25) is 0 Å². The third-order valence-corrected chi connectivity index (χ3v) is 2.72. The van der Waals surface area contributed by atoms with Crippen molar-refractivity contribution in [3.8, 4) is 0 Å². The number of rotatable bonds is 2. The zero-order chi connectivity index (χ0) is 9.19. The molecule has 0 bridgehead atoms. The highest BCUT2D eigenvalue weighted by Crippen LogP contribution is 2.32. The van der Waals surface area contributed by atoms with Crippen LogP contribution in [0.15, 0.2) is 0 Å². The molecule has 0 aliphatic carbocycles. The number of hydrogen-bond acceptors (Lipinski definition) is 3. The molecule has 1 heterocycles. The van der Waals surface area contributed by atoms with Crippen LogP contribution in [-0.4, -0.2) is 26.2 Å².